The van der Waals surface area contributed by atoms with E-state index >= 15 is 0 Å². The molecule has 98 valence electrons. The Hall–Kier alpha value is -1.40. The van der Waals surface area contributed by atoms with Crippen LogP contribution in [0.25, 0.3) is 0 Å². The van der Waals surface area contributed by atoms with Gasteiger partial charge in [0.1, 0.15) is 11.6 Å². The fourth-order valence-electron chi connectivity index (χ4n) is 2.85. The monoisotopic (exact) mass is 250 g/mol. The maximum absolute atomic E-state index is 11.5. The molecule has 2 aliphatic rings. The molecule has 1 aromatic rings. The summed E-state index contributed by atoms with van der Waals surface area (Å²) in [4.78, 5) is 18.5. The molecule has 0 bridgehead atoms. The Kier molecular flexibility index (Phi) is 2.83. The summed E-state index contributed by atoms with van der Waals surface area (Å²) < 4.78 is 5.64. The molecule has 6 heteroatoms. The number of aromatic amines is 1. The van der Waals surface area contributed by atoms with Crippen LogP contribution in [0.4, 0.5) is 5.82 Å². The van der Waals surface area contributed by atoms with Crippen LogP contribution < -0.4 is 16.6 Å². The Morgan fingerprint density at radius 1 is 1.67 bits per heavy atom. The van der Waals surface area contributed by atoms with E-state index in [9.17, 15) is 4.79 Å². The lowest BCUT2D eigenvalue weighted by molar-refractivity contribution is 0.00522. The number of nitrogens with zero attached hydrogens (tertiary/aromatic N) is 1. The van der Waals surface area contributed by atoms with Gasteiger partial charge in [0.05, 0.1) is 12.1 Å². The van der Waals surface area contributed by atoms with E-state index in [4.69, 9.17) is 10.5 Å². The van der Waals surface area contributed by atoms with Crippen molar-refractivity contribution >= 4 is 5.82 Å². The number of aryl methyl sites for hydroxylation is 1. The third kappa shape index (κ3) is 1.81. The summed E-state index contributed by atoms with van der Waals surface area (Å²) in [5.74, 6) is 1.72. The van der Waals surface area contributed by atoms with E-state index in [1.807, 2.05) is 6.92 Å². The molecule has 3 rings (SSSR count). The quantitative estimate of drug-likeness (QED) is 0.694. The molecule has 0 amide bonds. The number of H-pyrrole nitrogens is 1. The summed E-state index contributed by atoms with van der Waals surface area (Å²) in [5.41, 5.74) is 5.97. The van der Waals surface area contributed by atoms with Crippen molar-refractivity contribution in [3.05, 3.63) is 22.2 Å². The van der Waals surface area contributed by atoms with Crippen LogP contribution in [0.3, 0.4) is 0 Å². The number of nitrogens with two attached hydrogens (primary N) is 1. The third-order valence-electron chi connectivity index (χ3n) is 3.89. The molecule has 4 N–H and O–H groups in total. The first kappa shape index (κ1) is 11.7. The minimum Gasteiger partial charge on any atom is -0.376 e. The maximum atomic E-state index is 11.5. The molecular formula is C12H18N4O2. The van der Waals surface area contributed by atoms with Gasteiger partial charge in [0, 0.05) is 31.1 Å². The lowest BCUT2D eigenvalue weighted by atomic mass is 9.72. The number of rotatable bonds is 3. The fourth-order valence-corrected chi connectivity index (χ4v) is 2.85. The molecule has 1 saturated heterocycles. The van der Waals surface area contributed by atoms with Crippen molar-refractivity contribution in [3.8, 4) is 0 Å². The molecule has 2 fully saturated rings. The second kappa shape index (κ2) is 4.37. The predicted molar refractivity (Wildman–Crippen MR) is 67.5 cm³/mol. The van der Waals surface area contributed by atoms with Crippen LogP contribution in [-0.4, -0.2) is 34.8 Å². The highest BCUT2D eigenvalue weighted by Crippen LogP contribution is 2.38. The van der Waals surface area contributed by atoms with E-state index in [1.165, 1.54) is 6.07 Å². The summed E-state index contributed by atoms with van der Waals surface area (Å²) >= 11 is 0. The molecule has 0 aromatic carbocycles. The van der Waals surface area contributed by atoms with Gasteiger partial charge in [0.25, 0.3) is 5.56 Å². The van der Waals surface area contributed by atoms with E-state index in [0.29, 0.717) is 24.0 Å². The van der Waals surface area contributed by atoms with E-state index in [1.54, 1.807) is 0 Å². The number of fused-ring (bicyclic) bond motifs is 1. The Balaban J connectivity index is 1.77. The summed E-state index contributed by atoms with van der Waals surface area (Å²) in [6.07, 6.45) is 1.91. The predicted octanol–water partition coefficient (Wildman–Crippen LogP) is -0.141. The normalized spacial score (nSPS) is 33.9. The topological polar surface area (TPSA) is 93.0 Å². The van der Waals surface area contributed by atoms with Gasteiger partial charge in [-0.15, -0.1) is 0 Å². The molecule has 4 atom stereocenters. The van der Waals surface area contributed by atoms with Crippen LogP contribution in [0.15, 0.2) is 10.9 Å². The molecule has 0 radical (unpaired) electrons. The first-order valence-electron chi connectivity index (χ1n) is 6.43. The average Bonchev–Trinajstić information content (AvgIpc) is 2.80. The van der Waals surface area contributed by atoms with Gasteiger partial charge in [-0.05, 0) is 6.42 Å². The standard InChI is InChI=1S/C12H18N4O2/c1-2-7-14-8(5-9(17)15-7)16-11-10(13)6-3-4-18-12(6)11/h5-6,10-12H,2-4,13H2,1H3,(H2,14,15,16,17). The molecule has 1 aliphatic carbocycles. The zero-order valence-electron chi connectivity index (χ0n) is 10.3. The molecule has 6 nitrogen and oxygen atoms in total. The number of nitrogens with one attached hydrogen (secondary N) is 2. The number of ether oxygens (including phenoxy) is 1. The number of hydrogen-bond donors (Lipinski definition) is 3. The Morgan fingerprint density at radius 3 is 3.28 bits per heavy atom. The maximum Gasteiger partial charge on any atom is 0.252 e. The Bertz CT molecular complexity index is 501. The van der Waals surface area contributed by atoms with Gasteiger partial charge in [-0.1, -0.05) is 6.92 Å². The summed E-state index contributed by atoms with van der Waals surface area (Å²) in [6.45, 7) is 2.73. The van der Waals surface area contributed by atoms with Gasteiger partial charge in [0.2, 0.25) is 0 Å². The van der Waals surface area contributed by atoms with Crippen molar-refractivity contribution in [2.24, 2.45) is 11.7 Å². The highest BCUT2D eigenvalue weighted by atomic mass is 16.5. The van der Waals surface area contributed by atoms with Gasteiger partial charge >= 0.3 is 0 Å². The van der Waals surface area contributed by atoms with Crippen LogP contribution in [0.5, 0.6) is 0 Å². The fraction of sp³-hybridized carbons (Fsp3) is 0.667. The minimum atomic E-state index is -0.138. The van der Waals surface area contributed by atoms with Gasteiger partial charge in [0.15, 0.2) is 0 Å². The van der Waals surface area contributed by atoms with Crippen LogP contribution in [0.1, 0.15) is 19.2 Å². The van der Waals surface area contributed by atoms with Crippen LogP contribution >= 0.6 is 0 Å². The van der Waals surface area contributed by atoms with Gasteiger partial charge in [-0.3, -0.25) is 4.79 Å². The van der Waals surface area contributed by atoms with E-state index < -0.39 is 0 Å². The van der Waals surface area contributed by atoms with Crippen LogP contribution in [0, 0.1) is 5.92 Å². The molecule has 2 heterocycles. The number of anilines is 1. The minimum absolute atomic E-state index is 0.0662. The largest absolute Gasteiger partial charge is 0.376 e. The summed E-state index contributed by atoms with van der Waals surface area (Å²) in [6, 6.07) is 1.62. The molecule has 1 aliphatic heterocycles. The smallest absolute Gasteiger partial charge is 0.252 e. The first-order chi connectivity index (χ1) is 8.69. The second-order valence-corrected chi connectivity index (χ2v) is 4.97. The van der Waals surface area contributed by atoms with E-state index in [-0.39, 0.29) is 23.7 Å². The lowest BCUT2D eigenvalue weighted by Gasteiger charge is -2.45. The molecular weight excluding hydrogens is 232 g/mol. The summed E-state index contributed by atoms with van der Waals surface area (Å²) in [5, 5.41) is 3.23. The van der Waals surface area contributed by atoms with Crippen LogP contribution in [-0.2, 0) is 11.2 Å². The van der Waals surface area contributed by atoms with Crippen molar-refractivity contribution in [1.29, 1.82) is 0 Å². The zero-order chi connectivity index (χ0) is 12.7. The Morgan fingerprint density at radius 2 is 2.50 bits per heavy atom. The van der Waals surface area contributed by atoms with E-state index in [2.05, 4.69) is 15.3 Å². The lowest BCUT2D eigenvalue weighted by Crippen LogP contribution is -2.65. The van der Waals surface area contributed by atoms with Gasteiger partial charge in [-0.2, -0.15) is 0 Å². The molecule has 0 spiro atoms. The van der Waals surface area contributed by atoms with Gasteiger partial charge in [-0.25, -0.2) is 4.98 Å². The molecule has 1 saturated carbocycles. The van der Waals surface area contributed by atoms with Gasteiger partial charge < -0.3 is 20.8 Å². The van der Waals surface area contributed by atoms with Crippen molar-refractivity contribution in [2.75, 3.05) is 11.9 Å². The number of aromatic nitrogens is 2. The Labute approximate surface area is 105 Å². The summed E-state index contributed by atoms with van der Waals surface area (Å²) in [7, 11) is 0. The number of hydrogen-bond acceptors (Lipinski definition) is 5. The second-order valence-electron chi connectivity index (χ2n) is 4.97. The molecule has 1 aromatic heterocycles. The average molecular weight is 250 g/mol. The molecule has 4 unspecified atom stereocenters. The van der Waals surface area contributed by atoms with E-state index in [0.717, 1.165) is 13.0 Å². The van der Waals surface area contributed by atoms with Crippen molar-refractivity contribution in [3.63, 3.8) is 0 Å². The molecule has 18 heavy (non-hydrogen) atoms. The van der Waals surface area contributed by atoms with Crippen molar-refractivity contribution in [2.45, 2.75) is 38.0 Å². The van der Waals surface area contributed by atoms with Crippen molar-refractivity contribution < 1.29 is 4.74 Å². The third-order valence-corrected chi connectivity index (χ3v) is 3.89. The zero-order valence-corrected chi connectivity index (χ0v) is 10.3. The highest BCUT2D eigenvalue weighted by Gasteiger charge is 2.52. The highest BCUT2D eigenvalue weighted by molar-refractivity contribution is 5.38. The SMILES string of the molecule is CCc1nc(NC2C(N)C3CCOC32)cc(=O)[nH]1. The first-order valence-corrected chi connectivity index (χ1v) is 6.43. The van der Waals surface area contributed by atoms with Crippen LogP contribution in [0.2, 0.25) is 0 Å². The van der Waals surface area contributed by atoms with Crippen molar-refractivity contribution in [1.82, 2.24) is 9.97 Å².